The van der Waals surface area contributed by atoms with Gasteiger partial charge in [-0.15, -0.1) is 6.42 Å². The minimum Gasteiger partial charge on any atom is -0.463 e. The number of fused-ring (bicyclic) bond motifs is 1. The maximum atomic E-state index is 15.3. The lowest BCUT2D eigenvalue weighted by atomic mass is 9.81. The van der Waals surface area contributed by atoms with Gasteiger partial charge in [0.05, 0.1) is 18.9 Å². The molecule has 3 aromatic rings. The number of anilines is 1. The van der Waals surface area contributed by atoms with Crippen LogP contribution in [0, 0.1) is 24.1 Å². The van der Waals surface area contributed by atoms with E-state index in [0.29, 0.717) is 41.1 Å². The summed E-state index contributed by atoms with van der Waals surface area (Å²) in [6.45, 7) is 0.970. The largest absolute Gasteiger partial charge is 0.463 e. The van der Waals surface area contributed by atoms with E-state index in [1.54, 1.807) is 24.5 Å². The van der Waals surface area contributed by atoms with Crippen molar-refractivity contribution < 1.29 is 13.5 Å². The first kappa shape index (κ1) is 23.7. The monoisotopic (exact) mass is 505 g/mol. The number of ether oxygens (including phenoxy) is 1. The van der Waals surface area contributed by atoms with E-state index in [9.17, 15) is 0 Å². The molecule has 2 atom stereocenters. The van der Waals surface area contributed by atoms with Crippen LogP contribution in [-0.2, 0) is 5.54 Å². The predicted molar refractivity (Wildman–Crippen MR) is 135 cm³/mol. The molecule has 182 valence electrons. The van der Waals surface area contributed by atoms with Crippen molar-refractivity contribution in [3.05, 3.63) is 71.7 Å². The lowest BCUT2D eigenvalue weighted by molar-refractivity contribution is 0.353. The average molecular weight is 506 g/mol. The maximum Gasteiger partial charge on any atom is 0.233 e. The minimum absolute atomic E-state index is 0.00886. The molecular formula is C25H21F2N7OS. The van der Waals surface area contributed by atoms with E-state index >= 15 is 8.78 Å². The highest BCUT2D eigenvalue weighted by Gasteiger charge is 2.52. The van der Waals surface area contributed by atoms with Gasteiger partial charge in [-0.3, -0.25) is 0 Å². The average Bonchev–Trinajstić information content (AvgIpc) is 3.29. The number of amidine groups is 1. The molecule has 4 heterocycles. The fraction of sp³-hybridized carbons (Fsp3) is 0.240. The third-order valence-electron chi connectivity index (χ3n) is 6.05. The second-order valence-corrected chi connectivity index (χ2v) is 9.32. The molecule has 1 aromatic carbocycles. The van der Waals surface area contributed by atoms with Crippen LogP contribution in [0.4, 0.5) is 14.7 Å². The summed E-state index contributed by atoms with van der Waals surface area (Å²) in [6.07, 6.45) is 12.3. The van der Waals surface area contributed by atoms with Crippen LogP contribution in [0.1, 0.15) is 16.8 Å². The standard InChI is InChI=1S/C25H21F2N7OS/c1-2-8-35-22-12-31-21(11-32-22)20(27)10-16-4-5-19(26)18(9-16)25-15-34(24-29-6-3-7-30-24)13-17(25)14-36-23(28)33-25/h1,3-7,9-12,17H,8,13-15H2,(H2,28,33)/b20-10-/t17-,25-/m0/s1. The molecule has 0 amide bonds. The Balaban J connectivity index is 1.49. The van der Waals surface area contributed by atoms with Crippen molar-refractivity contribution in [1.29, 1.82) is 0 Å². The molecule has 11 heteroatoms. The number of halogens is 2. The molecule has 0 bridgehead atoms. The number of aliphatic imine (C=N–C) groups is 1. The van der Waals surface area contributed by atoms with E-state index in [2.05, 4.69) is 25.9 Å². The topological polar surface area (TPSA) is 102 Å². The van der Waals surface area contributed by atoms with E-state index in [1.807, 2.05) is 4.90 Å². The molecular weight excluding hydrogens is 484 g/mol. The van der Waals surface area contributed by atoms with E-state index in [4.69, 9.17) is 21.9 Å². The molecule has 36 heavy (non-hydrogen) atoms. The Hall–Kier alpha value is -4.04. The molecule has 1 fully saturated rings. The zero-order chi connectivity index (χ0) is 25.1. The van der Waals surface area contributed by atoms with Gasteiger partial charge in [0.25, 0.3) is 0 Å². The first-order valence-electron chi connectivity index (χ1n) is 11.0. The Bertz CT molecular complexity index is 1360. The maximum absolute atomic E-state index is 15.3. The molecule has 0 aliphatic carbocycles. The molecule has 2 N–H and O–H groups in total. The van der Waals surface area contributed by atoms with Gasteiger partial charge in [0.1, 0.15) is 17.1 Å². The van der Waals surface area contributed by atoms with Crippen molar-refractivity contribution in [3.63, 3.8) is 0 Å². The lowest BCUT2D eigenvalue weighted by Crippen LogP contribution is -2.40. The number of rotatable bonds is 6. The van der Waals surface area contributed by atoms with Gasteiger partial charge >= 0.3 is 0 Å². The van der Waals surface area contributed by atoms with Crippen molar-refractivity contribution in [2.24, 2.45) is 16.6 Å². The quantitative estimate of drug-likeness (QED) is 0.510. The number of terminal acetylenes is 1. The molecule has 5 rings (SSSR count). The van der Waals surface area contributed by atoms with Gasteiger partial charge in [-0.05, 0) is 29.8 Å². The van der Waals surface area contributed by atoms with E-state index in [0.717, 1.165) is 0 Å². The van der Waals surface area contributed by atoms with Gasteiger partial charge < -0.3 is 15.4 Å². The van der Waals surface area contributed by atoms with Crippen molar-refractivity contribution in [2.45, 2.75) is 5.54 Å². The second-order valence-electron chi connectivity index (χ2n) is 8.28. The number of thioether (sulfide) groups is 1. The third-order valence-corrected chi connectivity index (χ3v) is 7.01. The van der Waals surface area contributed by atoms with Gasteiger partial charge in [-0.2, -0.15) is 0 Å². The van der Waals surface area contributed by atoms with Crippen LogP contribution in [0.3, 0.4) is 0 Å². The summed E-state index contributed by atoms with van der Waals surface area (Å²) in [7, 11) is 0. The number of aromatic nitrogens is 4. The van der Waals surface area contributed by atoms with Gasteiger partial charge in [0.2, 0.25) is 11.8 Å². The second kappa shape index (κ2) is 9.91. The summed E-state index contributed by atoms with van der Waals surface area (Å²) in [4.78, 5) is 23.4. The van der Waals surface area contributed by atoms with Gasteiger partial charge in [-0.1, -0.05) is 23.7 Å². The first-order chi connectivity index (χ1) is 17.5. The van der Waals surface area contributed by atoms with Crippen LogP contribution in [0.5, 0.6) is 5.88 Å². The number of hydrogen-bond acceptors (Lipinski definition) is 9. The smallest absolute Gasteiger partial charge is 0.233 e. The molecule has 0 unspecified atom stereocenters. The Morgan fingerprint density at radius 3 is 2.86 bits per heavy atom. The lowest BCUT2D eigenvalue weighted by Gasteiger charge is -2.35. The van der Waals surface area contributed by atoms with Crippen LogP contribution < -0.4 is 15.4 Å². The van der Waals surface area contributed by atoms with Gasteiger partial charge in [-0.25, -0.2) is 33.7 Å². The number of nitrogens with zero attached hydrogens (tertiary/aromatic N) is 6. The van der Waals surface area contributed by atoms with Crippen molar-refractivity contribution in [3.8, 4) is 18.2 Å². The summed E-state index contributed by atoms with van der Waals surface area (Å²) < 4.78 is 35.5. The highest BCUT2D eigenvalue weighted by Crippen LogP contribution is 2.47. The van der Waals surface area contributed by atoms with E-state index in [-0.39, 0.29) is 24.1 Å². The summed E-state index contributed by atoms with van der Waals surface area (Å²) in [5.74, 6) is 2.60. The molecule has 0 radical (unpaired) electrons. The molecule has 1 saturated heterocycles. The summed E-state index contributed by atoms with van der Waals surface area (Å²) >= 11 is 1.44. The number of hydrogen-bond donors (Lipinski definition) is 1. The van der Waals surface area contributed by atoms with Crippen LogP contribution in [0.15, 0.2) is 54.0 Å². The third kappa shape index (κ3) is 4.59. The van der Waals surface area contributed by atoms with Gasteiger partial charge in [0, 0.05) is 36.2 Å². The Kier molecular flexibility index (Phi) is 6.52. The molecule has 2 aliphatic rings. The highest BCUT2D eigenvalue weighted by atomic mass is 32.2. The van der Waals surface area contributed by atoms with Crippen LogP contribution in [-0.4, -0.2) is 50.6 Å². The molecule has 2 aliphatic heterocycles. The molecule has 2 aromatic heterocycles. The van der Waals surface area contributed by atoms with Crippen LogP contribution in [0.2, 0.25) is 0 Å². The zero-order valence-corrected chi connectivity index (χ0v) is 19.8. The van der Waals surface area contributed by atoms with E-state index in [1.165, 1.54) is 42.4 Å². The number of benzene rings is 1. The highest BCUT2D eigenvalue weighted by molar-refractivity contribution is 8.13. The fourth-order valence-corrected chi connectivity index (χ4v) is 5.40. The fourth-order valence-electron chi connectivity index (χ4n) is 4.42. The van der Waals surface area contributed by atoms with Crippen molar-refractivity contribution in [1.82, 2.24) is 19.9 Å². The minimum atomic E-state index is -0.950. The predicted octanol–water partition coefficient (Wildman–Crippen LogP) is 3.28. The summed E-state index contributed by atoms with van der Waals surface area (Å²) in [5, 5.41) is 0.385. The van der Waals surface area contributed by atoms with E-state index < -0.39 is 17.2 Å². The summed E-state index contributed by atoms with van der Waals surface area (Å²) in [6, 6.07) is 6.17. The van der Waals surface area contributed by atoms with Crippen LogP contribution >= 0.6 is 11.8 Å². The Labute approximate surface area is 210 Å². The SMILES string of the molecule is C#CCOc1cnc(/C(F)=C/c2ccc(F)c([C@]34CN(c5ncccn5)C[C@H]3CSC(N)=N4)c2)cn1. The zero-order valence-electron chi connectivity index (χ0n) is 19.0. The number of nitrogens with two attached hydrogens (primary N) is 1. The van der Waals surface area contributed by atoms with Gasteiger partial charge in [0.15, 0.2) is 17.6 Å². The molecule has 8 nitrogen and oxygen atoms in total. The normalized spacial score (nSPS) is 21.5. The Morgan fingerprint density at radius 1 is 1.28 bits per heavy atom. The first-order valence-corrected chi connectivity index (χ1v) is 12.0. The van der Waals surface area contributed by atoms with Crippen molar-refractivity contribution in [2.75, 3.05) is 30.3 Å². The molecule has 0 saturated carbocycles. The molecule has 0 spiro atoms. The van der Waals surface area contributed by atoms with Crippen molar-refractivity contribution >= 4 is 34.8 Å². The summed E-state index contributed by atoms with van der Waals surface area (Å²) in [5.41, 5.74) is 5.98. The van der Waals surface area contributed by atoms with Crippen LogP contribution in [0.25, 0.3) is 11.9 Å². The Morgan fingerprint density at radius 2 is 2.11 bits per heavy atom.